The molecule has 0 aliphatic carbocycles. The van der Waals surface area contributed by atoms with E-state index in [0.717, 1.165) is 17.1 Å². The van der Waals surface area contributed by atoms with Crippen molar-refractivity contribution < 1.29 is 4.79 Å². The Kier molecular flexibility index (Phi) is 3.75. The number of carbonyl (C=O) groups excluding carboxylic acids is 1. The molecule has 0 saturated carbocycles. The third-order valence-corrected chi connectivity index (χ3v) is 4.25. The number of amides is 1. The fourth-order valence-electron chi connectivity index (χ4n) is 2.77. The second-order valence-electron chi connectivity index (χ2n) is 5.42. The predicted octanol–water partition coefficient (Wildman–Crippen LogP) is 3.49. The van der Waals surface area contributed by atoms with Crippen LogP contribution in [0.1, 0.15) is 15.9 Å². The van der Waals surface area contributed by atoms with Gasteiger partial charge in [-0.1, -0.05) is 35.3 Å². The van der Waals surface area contributed by atoms with Crippen LogP contribution >= 0.6 is 23.2 Å². The number of halogens is 2. The van der Waals surface area contributed by atoms with Crippen LogP contribution in [0.15, 0.2) is 52.4 Å². The maximum atomic E-state index is 12.5. The number of benzene rings is 2. The van der Waals surface area contributed by atoms with Crippen molar-refractivity contribution in [3.63, 3.8) is 0 Å². The molecule has 2 aromatic carbocycles. The van der Waals surface area contributed by atoms with E-state index in [1.54, 1.807) is 18.2 Å². The van der Waals surface area contributed by atoms with Crippen molar-refractivity contribution in [3.8, 4) is 0 Å². The molecule has 0 unspecified atom stereocenters. The Morgan fingerprint density at radius 2 is 1.88 bits per heavy atom. The molecular weight excluding hydrogens is 347 g/mol. The average molecular weight is 359 g/mol. The first kappa shape index (κ1) is 15.2. The molecule has 0 bridgehead atoms. The minimum Gasteiger partial charge on any atom is -0.294 e. The molecule has 1 N–H and O–H groups in total. The molecule has 0 fully saturated rings. The highest BCUT2D eigenvalue weighted by Gasteiger charge is 2.30. The summed E-state index contributed by atoms with van der Waals surface area (Å²) >= 11 is 11.9. The number of amidine groups is 1. The maximum Gasteiger partial charge on any atom is 0.258 e. The van der Waals surface area contributed by atoms with Crippen molar-refractivity contribution in [2.45, 2.75) is 0 Å². The number of rotatable bonds is 1. The Hall–Kier alpha value is -2.37. The fourth-order valence-corrected chi connectivity index (χ4v) is 3.30. The molecule has 4 rings (SSSR count). The lowest BCUT2D eigenvalue weighted by atomic mass is 10.1. The second-order valence-corrected chi connectivity index (χ2v) is 6.29. The molecule has 5 nitrogen and oxygen atoms in total. The number of hydrogen-bond acceptors (Lipinski definition) is 4. The molecule has 0 aromatic heterocycles. The number of nitrogens with one attached hydrogen (secondary N) is 1. The summed E-state index contributed by atoms with van der Waals surface area (Å²) in [5, 5.41) is 3.66. The molecule has 0 spiro atoms. The number of guanidine groups is 1. The van der Waals surface area contributed by atoms with E-state index < -0.39 is 0 Å². The smallest absolute Gasteiger partial charge is 0.258 e. The van der Waals surface area contributed by atoms with Gasteiger partial charge in [-0.15, -0.1) is 0 Å². The van der Waals surface area contributed by atoms with Gasteiger partial charge in [0.2, 0.25) is 5.96 Å². The molecule has 24 heavy (non-hydrogen) atoms. The molecule has 0 radical (unpaired) electrons. The van der Waals surface area contributed by atoms with Crippen molar-refractivity contribution in [2.24, 2.45) is 9.98 Å². The first-order valence-corrected chi connectivity index (χ1v) is 8.15. The number of fused-ring (bicyclic) bond motifs is 3. The van der Waals surface area contributed by atoms with Gasteiger partial charge in [-0.25, -0.2) is 4.99 Å². The quantitative estimate of drug-likeness (QED) is 0.848. The van der Waals surface area contributed by atoms with Crippen molar-refractivity contribution in [1.82, 2.24) is 10.2 Å². The van der Waals surface area contributed by atoms with Crippen LogP contribution in [-0.4, -0.2) is 35.7 Å². The van der Waals surface area contributed by atoms with E-state index in [1.165, 1.54) is 0 Å². The van der Waals surface area contributed by atoms with Crippen molar-refractivity contribution >= 4 is 46.6 Å². The van der Waals surface area contributed by atoms with Crippen LogP contribution < -0.4 is 5.32 Å². The zero-order valence-electron chi connectivity index (χ0n) is 12.5. The Morgan fingerprint density at radius 1 is 1.12 bits per heavy atom. The lowest BCUT2D eigenvalue weighted by Gasteiger charge is -2.27. The normalized spacial score (nSPS) is 15.3. The third-order valence-electron chi connectivity index (χ3n) is 3.82. The van der Waals surface area contributed by atoms with Gasteiger partial charge in [0.25, 0.3) is 5.91 Å². The van der Waals surface area contributed by atoms with Crippen LogP contribution in [0.4, 0.5) is 5.69 Å². The number of hydrogen-bond donors (Lipinski definition) is 1. The van der Waals surface area contributed by atoms with Crippen molar-refractivity contribution in [2.75, 3.05) is 13.1 Å². The number of carbonyl (C=O) groups is 1. The minimum atomic E-state index is -0.316. The summed E-state index contributed by atoms with van der Waals surface area (Å²) in [6, 6.07) is 12.5. The molecule has 120 valence electrons. The van der Waals surface area contributed by atoms with Crippen LogP contribution in [0.3, 0.4) is 0 Å². The summed E-state index contributed by atoms with van der Waals surface area (Å²) in [6.07, 6.45) is 0. The Labute approximate surface area is 148 Å². The monoisotopic (exact) mass is 358 g/mol. The van der Waals surface area contributed by atoms with E-state index in [4.69, 9.17) is 23.2 Å². The highest BCUT2D eigenvalue weighted by atomic mass is 35.5. The average Bonchev–Trinajstić information content (AvgIpc) is 3.04. The van der Waals surface area contributed by atoms with E-state index in [-0.39, 0.29) is 5.91 Å². The molecule has 0 saturated heterocycles. The predicted molar refractivity (Wildman–Crippen MR) is 95.6 cm³/mol. The van der Waals surface area contributed by atoms with E-state index >= 15 is 0 Å². The van der Waals surface area contributed by atoms with E-state index in [1.807, 2.05) is 29.2 Å². The van der Waals surface area contributed by atoms with Gasteiger partial charge in [-0.3, -0.25) is 20.0 Å². The zero-order valence-corrected chi connectivity index (χ0v) is 14.0. The first-order valence-electron chi connectivity index (χ1n) is 7.39. The number of nitrogens with zero attached hydrogens (tertiary/aromatic N) is 3. The highest BCUT2D eigenvalue weighted by Crippen LogP contribution is 2.28. The summed E-state index contributed by atoms with van der Waals surface area (Å²) in [7, 11) is 0. The van der Waals surface area contributed by atoms with Crippen molar-refractivity contribution in [3.05, 3.63) is 63.6 Å². The fraction of sp³-hybridized carbons (Fsp3) is 0.118. The summed E-state index contributed by atoms with van der Waals surface area (Å²) in [5.41, 5.74) is 2.14. The summed E-state index contributed by atoms with van der Waals surface area (Å²) in [6.45, 7) is 1.35. The molecule has 7 heteroatoms. The summed E-state index contributed by atoms with van der Waals surface area (Å²) < 4.78 is 0. The van der Waals surface area contributed by atoms with Gasteiger partial charge in [-0.2, -0.15) is 0 Å². The van der Waals surface area contributed by atoms with Crippen LogP contribution in [0.25, 0.3) is 0 Å². The molecule has 2 aromatic rings. The molecule has 1 amide bonds. The van der Waals surface area contributed by atoms with Crippen LogP contribution in [-0.2, 0) is 0 Å². The van der Waals surface area contributed by atoms with Gasteiger partial charge in [0, 0.05) is 27.7 Å². The zero-order chi connectivity index (χ0) is 16.7. The van der Waals surface area contributed by atoms with E-state index in [0.29, 0.717) is 34.7 Å². The third kappa shape index (κ3) is 2.66. The number of para-hydroxylation sites is 1. The van der Waals surface area contributed by atoms with E-state index in [9.17, 15) is 4.79 Å². The SMILES string of the molecule is O=C(NC1=Nc2ccccc2C2=NCCN12)c1cc(Cl)cc(Cl)c1. The Morgan fingerprint density at radius 3 is 2.67 bits per heavy atom. The largest absolute Gasteiger partial charge is 0.294 e. The maximum absolute atomic E-state index is 12.5. The van der Waals surface area contributed by atoms with Crippen LogP contribution in [0.2, 0.25) is 10.0 Å². The van der Waals surface area contributed by atoms with Gasteiger partial charge in [0.1, 0.15) is 5.84 Å². The van der Waals surface area contributed by atoms with Crippen LogP contribution in [0, 0.1) is 0 Å². The first-order chi connectivity index (χ1) is 11.6. The summed E-state index contributed by atoms with van der Waals surface area (Å²) in [5.74, 6) is 0.981. The minimum absolute atomic E-state index is 0.316. The molecule has 2 heterocycles. The lowest BCUT2D eigenvalue weighted by Crippen LogP contribution is -2.47. The van der Waals surface area contributed by atoms with E-state index in [2.05, 4.69) is 15.3 Å². The topological polar surface area (TPSA) is 57.1 Å². The van der Waals surface area contributed by atoms with Gasteiger partial charge < -0.3 is 0 Å². The molecule has 0 atom stereocenters. The highest BCUT2D eigenvalue weighted by molar-refractivity contribution is 6.35. The summed E-state index contributed by atoms with van der Waals surface area (Å²) in [4.78, 5) is 23.5. The Balaban J connectivity index is 1.68. The molecule has 2 aliphatic heterocycles. The van der Waals surface area contributed by atoms with Gasteiger partial charge in [-0.05, 0) is 30.3 Å². The van der Waals surface area contributed by atoms with Crippen molar-refractivity contribution in [1.29, 1.82) is 0 Å². The lowest BCUT2D eigenvalue weighted by molar-refractivity contribution is 0.0974. The van der Waals surface area contributed by atoms with Gasteiger partial charge in [0.15, 0.2) is 0 Å². The van der Waals surface area contributed by atoms with Gasteiger partial charge in [0.05, 0.1) is 12.2 Å². The molecule has 2 aliphatic rings. The molecular formula is C17H12Cl2N4O. The van der Waals surface area contributed by atoms with Gasteiger partial charge >= 0.3 is 0 Å². The Bertz CT molecular complexity index is 887. The van der Waals surface area contributed by atoms with Crippen LogP contribution in [0.5, 0.6) is 0 Å². The second kappa shape index (κ2) is 5.92. The standard InChI is InChI=1S/C17H12Cl2N4O/c18-11-7-10(8-12(19)9-11)16(24)22-17-21-14-4-2-1-3-13(14)15-20-5-6-23(15)17/h1-4,7-9H,5-6H2,(H,21,22,24). The number of aliphatic imine (C=N–C) groups is 2.